The summed E-state index contributed by atoms with van der Waals surface area (Å²) in [6.07, 6.45) is 3.55. The molecule has 0 spiro atoms. The summed E-state index contributed by atoms with van der Waals surface area (Å²) in [7, 11) is -0.00699. The highest BCUT2D eigenvalue weighted by atomic mass is 32.2. The molecule has 0 amide bonds. The van der Waals surface area contributed by atoms with Crippen LogP contribution in [0.4, 0.5) is 0 Å². The van der Waals surface area contributed by atoms with Crippen LogP contribution in [0.2, 0.25) is 0 Å². The molecule has 2 rings (SSSR count). The topological polar surface area (TPSA) is 82.2 Å². The second-order valence-electron chi connectivity index (χ2n) is 4.66. The molecule has 1 aliphatic heterocycles. The summed E-state index contributed by atoms with van der Waals surface area (Å²) >= 11 is 0. The van der Waals surface area contributed by atoms with Crippen molar-refractivity contribution in [1.82, 2.24) is 24.4 Å². The molecular formula is C10H19N5O2S. The number of nitrogens with one attached hydrogen (secondary N) is 1. The quantitative estimate of drug-likeness (QED) is 0.805. The Kier molecular flexibility index (Phi) is 3.98. The Morgan fingerprint density at radius 1 is 1.56 bits per heavy atom. The van der Waals surface area contributed by atoms with Crippen LogP contribution in [0.3, 0.4) is 0 Å². The lowest BCUT2D eigenvalue weighted by molar-refractivity contribution is 0.262. The Bertz CT molecular complexity index is 470. The molecule has 0 aliphatic carbocycles. The average Bonchev–Trinajstić information content (AvgIpc) is 2.96. The molecular weight excluding hydrogens is 254 g/mol. The number of aromatic nitrogens is 3. The number of nitrogens with zero attached hydrogens (tertiary/aromatic N) is 4. The Morgan fingerprint density at radius 2 is 2.33 bits per heavy atom. The standard InChI is InChI=1S/C10H19N5O2S/c1-14(2)18(16,17)7-6-15-5-3-4-9(15)10-11-8-12-13-10/h8-9H,3-7H2,1-2H3,(H,11,12,13)/t9-/m0/s1. The van der Waals surface area contributed by atoms with Crippen LogP contribution in [0.15, 0.2) is 6.33 Å². The van der Waals surface area contributed by atoms with E-state index in [4.69, 9.17) is 0 Å². The summed E-state index contributed by atoms with van der Waals surface area (Å²) in [5.41, 5.74) is 0. The zero-order chi connectivity index (χ0) is 13.2. The van der Waals surface area contributed by atoms with E-state index in [-0.39, 0.29) is 11.8 Å². The van der Waals surface area contributed by atoms with Gasteiger partial charge in [0.1, 0.15) is 12.2 Å². The van der Waals surface area contributed by atoms with Crippen molar-refractivity contribution < 1.29 is 8.42 Å². The summed E-state index contributed by atoms with van der Waals surface area (Å²) in [4.78, 5) is 6.31. The van der Waals surface area contributed by atoms with E-state index in [1.54, 1.807) is 14.1 Å². The smallest absolute Gasteiger partial charge is 0.214 e. The molecule has 18 heavy (non-hydrogen) atoms. The van der Waals surface area contributed by atoms with E-state index in [0.717, 1.165) is 25.2 Å². The highest BCUT2D eigenvalue weighted by molar-refractivity contribution is 7.89. The number of aromatic amines is 1. The lowest BCUT2D eigenvalue weighted by Gasteiger charge is -2.23. The molecule has 2 heterocycles. The molecule has 1 N–H and O–H groups in total. The van der Waals surface area contributed by atoms with Crippen molar-refractivity contribution in [2.75, 3.05) is 32.9 Å². The normalized spacial score (nSPS) is 21.8. The second-order valence-corrected chi connectivity index (χ2v) is 6.97. The van der Waals surface area contributed by atoms with Gasteiger partial charge < -0.3 is 0 Å². The van der Waals surface area contributed by atoms with Gasteiger partial charge in [-0.15, -0.1) is 0 Å². The number of hydrogen-bond acceptors (Lipinski definition) is 5. The van der Waals surface area contributed by atoms with Crippen LogP contribution >= 0.6 is 0 Å². The third-order valence-electron chi connectivity index (χ3n) is 3.31. The molecule has 1 fully saturated rings. The molecule has 0 unspecified atom stereocenters. The first-order chi connectivity index (χ1) is 8.50. The fraction of sp³-hybridized carbons (Fsp3) is 0.800. The number of H-pyrrole nitrogens is 1. The van der Waals surface area contributed by atoms with Crippen molar-refractivity contribution >= 4 is 10.0 Å². The third-order valence-corrected chi connectivity index (χ3v) is 5.12. The van der Waals surface area contributed by atoms with Crippen LogP contribution in [-0.2, 0) is 10.0 Å². The minimum absolute atomic E-state index is 0.143. The molecule has 8 heteroatoms. The van der Waals surface area contributed by atoms with Gasteiger partial charge in [0.05, 0.1) is 11.8 Å². The van der Waals surface area contributed by atoms with Gasteiger partial charge in [0.15, 0.2) is 0 Å². The summed E-state index contributed by atoms with van der Waals surface area (Å²) < 4.78 is 24.8. The van der Waals surface area contributed by atoms with Gasteiger partial charge in [-0.25, -0.2) is 17.7 Å². The van der Waals surface area contributed by atoms with Crippen molar-refractivity contribution in [2.24, 2.45) is 0 Å². The number of hydrogen-bond donors (Lipinski definition) is 1. The fourth-order valence-electron chi connectivity index (χ4n) is 2.19. The Labute approximate surface area is 107 Å². The Morgan fingerprint density at radius 3 is 2.94 bits per heavy atom. The second kappa shape index (κ2) is 5.33. The van der Waals surface area contributed by atoms with Gasteiger partial charge in [-0.05, 0) is 19.4 Å². The minimum Gasteiger partial charge on any atom is -0.292 e. The first-order valence-electron chi connectivity index (χ1n) is 6.00. The van der Waals surface area contributed by atoms with Crippen LogP contribution in [-0.4, -0.2) is 65.7 Å². The molecule has 7 nitrogen and oxygen atoms in total. The highest BCUT2D eigenvalue weighted by Gasteiger charge is 2.29. The van der Waals surface area contributed by atoms with E-state index in [2.05, 4.69) is 20.1 Å². The molecule has 0 aromatic carbocycles. The van der Waals surface area contributed by atoms with E-state index in [9.17, 15) is 8.42 Å². The largest absolute Gasteiger partial charge is 0.292 e. The summed E-state index contributed by atoms with van der Waals surface area (Å²) in [5, 5.41) is 6.72. The molecule has 1 aliphatic rings. The van der Waals surface area contributed by atoms with Crippen LogP contribution in [0.1, 0.15) is 24.7 Å². The molecule has 1 aromatic heterocycles. The van der Waals surface area contributed by atoms with E-state index < -0.39 is 10.0 Å². The van der Waals surface area contributed by atoms with Crippen LogP contribution in [0.5, 0.6) is 0 Å². The molecule has 0 saturated carbocycles. The van der Waals surface area contributed by atoms with Crippen molar-refractivity contribution in [1.29, 1.82) is 0 Å². The third kappa shape index (κ3) is 2.88. The Hall–Kier alpha value is -0.990. The monoisotopic (exact) mass is 273 g/mol. The van der Waals surface area contributed by atoms with Crippen LogP contribution < -0.4 is 0 Å². The van der Waals surface area contributed by atoms with Gasteiger partial charge >= 0.3 is 0 Å². The number of sulfonamides is 1. The molecule has 102 valence electrons. The predicted molar refractivity (Wildman–Crippen MR) is 67.4 cm³/mol. The summed E-state index contributed by atoms with van der Waals surface area (Å²) in [5.74, 6) is 0.972. The van der Waals surface area contributed by atoms with E-state index in [0.29, 0.717) is 6.54 Å². The molecule has 0 radical (unpaired) electrons. The van der Waals surface area contributed by atoms with Crippen LogP contribution in [0, 0.1) is 0 Å². The van der Waals surface area contributed by atoms with Crippen LogP contribution in [0.25, 0.3) is 0 Å². The fourth-order valence-corrected chi connectivity index (χ4v) is 3.02. The maximum absolute atomic E-state index is 11.7. The minimum atomic E-state index is -3.13. The number of rotatable bonds is 5. The molecule has 1 saturated heterocycles. The van der Waals surface area contributed by atoms with Gasteiger partial charge in [-0.1, -0.05) is 0 Å². The van der Waals surface area contributed by atoms with E-state index in [1.807, 2.05) is 0 Å². The maximum atomic E-state index is 11.7. The van der Waals surface area contributed by atoms with Crippen molar-refractivity contribution in [2.45, 2.75) is 18.9 Å². The first kappa shape index (κ1) is 13.4. The van der Waals surface area contributed by atoms with E-state index >= 15 is 0 Å². The average molecular weight is 273 g/mol. The summed E-state index contributed by atoms with van der Waals surface area (Å²) in [6, 6.07) is 0.171. The van der Waals surface area contributed by atoms with Gasteiger partial charge in [0, 0.05) is 20.6 Å². The summed E-state index contributed by atoms with van der Waals surface area (Å²) in [6.45, 7) is 1.44. The highest BCUT2D eigenvalue weighted by Crippen LogP contribution is 2.28. The van der Waals surface area contributed by atoms with Gasteiger partial charge in [-0.3, -0.25) is 10.00 Å². The lowest BCUT2D eigenvalue weighted by atomic mass is 10.2. The van der Waals surface area contributed by atoms with Gasteiger partial charge in [0.25, 0.3) is 0 Å². The number of likely N-dealkylation sites (tertiary alicyclic amines) is 1. The maximum Gasteiger partial charge on any atom is 0.214 e. The lowest BCUT2D eigenvalue weighted by Crippen LogP contribution is -2.34. The van der Waals surface area contributed by atoms with Crippen molar-refractivity contribution in [3.63, 3.8) is 0 Å². The zero-order valence-electron chi connectivity index (χ0n) is 10.7. The van der Waals surface area contributed by atoms with Crippen molar-refractivity contribution in [3.8, 4) is 0 Å². The first-order valence-corrected chi connectivity index (χ1v) is 7.61. The van der Waals surface area contributed by atoms with Gasteiger partial charge in [-0.2, -0.15) is 5.10 Å². The predicted octanol–water partition coefficient (Wildman–Crippen LogP) is -0.167. The SMILES string of the molecule is CN(C)S(=O)(=O)CCN1CCC[C@H]1c1ncn[nH]1. The van der Waals surface area contributed by atoms with Crippen molar-refractivity contribution in [3.05, 3.63) is 12.2 Å². The Balaban J connectivity index is 1.97. The van der Waals surface area contributed by atoms with Gasteiger partial charge in [0.2, 0.25) is 10.0 Å². The molecule has 0 bridgehead atoms. The van der Waals surface area contributed by atoms with E-state index in [1.165, 1.54) is 10.6 Å². The molecule has 1 atom stereocenters. The molecule has 1 aromatic rings. The zero-order valence-corrected chi connectivity index (χ0v) is 11.5.